The topological polar surface area (TPSA) is 60.1 Å². The number of aromatic nitrogens is 3. The maximum Gasteiger partial charge on any atom is 0.345 e. The number of hydrogen-bond donors (Lipinski definition) is 0. The van der Waals surface area contributed by atoms with Gasteiger partial charge >= 0.3 is 5.69 Å². The van der Waals surface area contributed by atoms with Crippen LogP contribution in [0, 0.1) is 0 Å². The molecule has 7 heteroatoms. The molecule has 20 heavy (non-hydrogen) atoms. The van der Waals surface area contributed by atoms with E-state index in [1.54, 1.807) is 23.0 Å². The highest BCUT2D eigenvalue weighted by molar-refractivity contribution is 7.07. The van der Waals surface area contributed by atoms with E-state index in [2.05, 4.69) is 5.10 Å². The normalized spacial score (nSPS) is 14.9. The van der Waals surface area contributed by atoms with E-state index in [1.807, 2.05) is 21.7 Å². The Kier molecular flexibility index (Phi) is 3.43. The smallest absolute Gasteiger partial charge is 0.340 e. The Hall–Kier alpha value is -1.89. The fraction of sp³-hybridized carbons (Fsp3) is 0.462. The number of fused-ring (bicyclic) bond motifs is 1. The zero-order chi connectivity index (χ0) is 14.1. The van der Waals surface area contributed by atoms with Crippen LogP contribution in [-0.4, -0.2) is 38.2 Å². The molecule has 0 radical (unpaired) electrons. The molecule has 0 unspecified atom stereocenters. The van der Waals surface area contributed by atoms with Crippen LogP contribution in [-0.2, 0) is 31.2 Å². The Morgan fingerprint density at radius 1 is 1.40 bits per heavy atom. The van der Waals surface area contributed by atoms with Gasteiger partial charge in [0.1, 0.15) is 5.82 Å². The van der Waals surface area contributed by atoms with E-state index in [0.29, 0.717) is 32.5 Å². The highest BCUT2D eigenvalue weighted by Crippen LogP contribution is 2.10. The van der Waals surface area contributed by atoms with Crippen molar-refractivity contribution in [3.63, 3.8) is 0 Å². The lowest BCUT2D eigenvalue weighted by Gasteiger charge is -2.19. The zero-order valence-electron chi connectivity index (χ0n) is 11.3. The number of thiophene rings is 1. The molecule has 0 saturated carbocycles. The maximum absolute atomic E-state index is 12.3. The minimum Gasteiger partial charge on any atom is -0.340 e. The predicted octanol–water partition coefficient (Wildman–Crippen LogP) is 0.271. The lowest BCUT2D eigenvalue weighted by molar-refractivity contribution is -0.130. The molecule has 0 aromatic carbocycles. The van der Waals surface area contributed by atoms with Crippen LogP contribution in [0.25, 0.3) is 0 Å². The van der Waals surface area contributed by atoms with Gasteiger partial charge in [-0.25, -0.2) is 9.48 Å². The van der Waals surface area contributed by atoms with Gasteiger partial charge in [0.15, 0.2) is 0 Å². The Morgan fingerprint density at radius 2 is 2.25 bits per heavy atom. The van der Waals surface area contributed by atoms with Crippen molar-refractivity contribution in [3.8, 4) is 0 Å². The van der Waals surface area contributed by atoms with E-state index >= 15 is 0 Å². The second-order valence-corrected chi connectivity index (χ2v) is 5.69. The SMILES string of the molecule is Cn1nc2n(c1=O)CCN(C(=O)Cc1ccsc1)CC2. The van der Waals surface area contributed by atoms with Gasteiger partial charge in [0, 0.05) is 33.1 Å². The van der Waals surface area contributed by atoms with Gasteiger partial charge in [0.25, 0.3) is 0 Å². The molecular weight excluding hydrogens is 276 g/mol. The summed E-state index contributed by atoms with van der Waals surface area (Å²) in [7, 11) is 1.66. The van der Waals surface area contributed by atoms with Crippen molar-refractivity contribution in [2.75, 3.05) is 13.1 Å². The first-order chi connectivity index (χ1) is 9.65. The number of aryl methyl sites for hydroxylation is 1. The van der Waals surface area contributed by atoms with Gasteiger partial charge in [0.05, 0.1) is 6.42 Å². The maximum atomic E-state index is 12.3. The van der Waals surface area contributed by atoms with E-state index in [1.165, 1.54) is 4.68 Å². The number of amides is 1. The van der Waals surface area contributed by atoms with Crippen LogP contribution in [0.2, 0.25) is 0 Å². The van der Waals surface area contributed by atoms with Crippen molar-refractivity contribution in [2.45, 2.75) is 19.4 Å². The molecule has 0 saturated heterocycles. The molecule has 1 amide bonds. The summed E-state index contributed by atoms with van der Waals surface area (Å²) in [5, 5.41) is 8.18. The van der Waals surface area contributed by atoms with Crippen molar-refractivity contribution < 1.29 is 4.79 Å². The summed E-state index contributed by atoms with van der Waals surface area (Å²) in [6.07, 6.45) is 1.06. The van der Waals surface area contributed by atoms with Crippen LogP contribution in [0.3, 0.4) is 0 Å². The highest BCUT2D eigenvalue weighted by atomic mass is 32.1. The Bertz CT molecular complexity index is 671. The minimum atomic E-state index is -0.105. The van der Waals surface area contributed by atoms with Gasteiger partial charge in [-0.1, -0.05) is 0 Å². The molecule has 106 valence electrons. The minimum absolute atomic E-state index is 0.105. The molecule has 6 nitrogen and oxygen atoms in total. The molecule has 0 bridgehead atoms. The predicted molar refractivity (Wildman–Crippen MR) is 75.8 cm³/mol. The summed E-state index contributed by atoms with van der Waals surface area (Å²) in [6.45, 7) is 1.72. The summed E-state index contributed by atoms with van der Waals surface area (Å²) in [4.78, 5) is 25.9. The third-order valence-electron chi connectivity index (χ3n) is 3.57. The number of rotatable bonds is 2. The standard InChI is InChI=1S/C13H16N4O2S/c1-15-13(19)17-6-5-16(4-2-11(17)14-15)12(18)8-10-3-7-20-9-10/h3,7,9H,2,4-6,8H2,1H3. The fourth-order valence-corrected chi connectivity index (χ4v) is 3.13. The van der Waals surface area contributed by atoms with E-state index < -0.39 is 0 Å². The molecule has 2 aromatic rings. The highest BCUT2D eigenvalue weighted by Gasteiger charge is 2.21. The Morgan fingerprint density at radius 3 is 3.00 bits per heavy atom. The molecule has 0 N–H and O–H groups in total. The van der Waals surface area contributed by atoms with Crippen LogP contribution < -0.4 is 5.69 Å². The van der Waals surface area contributed by atoms with E-state index in [9.17, 15) is 9.59 Å². The van der Waals surface area contributed by atoms with Gasteiger partial charge < -0.3 is 4.90 Å². The lowest BCUT2D eigenvalue weighted by atomic mass is 10.2. The largest absolute Gasteiger partial charge is 0.345 e. The van der Waals surface area contributed by atoms with Crippen molar-refractivity contribution in [3.05, 3.63) is 38.7 Å². The molecular formula is C13H16N4O2S. The van der Waals surface area contributed by atoms with Crippen molar-refractivity contribution in [1.29, 1.82) is 0 Å². The van der Waals surface area contributed by atoms with Gasteiger partial charge in [-0.05, 0) is 22.4 Å². The monoisotopic (exact) mass is 292 g/mol. The summed E-state index contributed by atoms with van der Waals surface area (Å²) in [5.41, 5.74) is 0.949. The molecule has 0 fully saturated rings. The van der Waals surface area contributed by atoms with Gasteiger partial charge in [-0.2, -0.15) is 16.4 Å². The number of carbonyl (C=O) groups is 1. The van der Waals surface area contributed by atoms with Crippen molar-refractivity contribution in [1.82, 2.24) is 19.2 Å². The van der Waals surface area contributed by atoms with Gasteiger partial charge in [-0.3, -0.25) is 9.36 Å². The van der Waals surface area contributed by atoms with E-state index in [0.717, 1.165) is 11.4 Å². The quantitative estimate of drug-likeness (QED) is 0.798. The van der Waals surface area contributed by atoms with Crippen LogP contribution in [0.15, 0.2) is 21.6 Å². The van der Waals surface area contributed by atoms with Crippen molar-refractivity contribution >= 4 is 17.2 Å². The number of nitrogens with zero attached hydrogens (tertiary/aromatic N) is 4. The molecule has 0 atom stereocenters. The average molecular weight is 292 g/mol. The molecule has 3 rings (SSSR count). The second-order valence-electron chi connectivity index (χ2n) is 4.91. The van der Waals surface area contributed by atoms with Gasteiger partial charge in [0.2, 0.25) is 5.91 Å². The zero-order valence-corrected chi connectivity index (χ0v) is 12.1. The van der Waals surface area contributed by atoms with Crippen LogP contribution >= 0.6 is 11.3 Å². The Labute approximate surface area is 120 Å². The number of carbonyl (C=O) groups excluding carboxylic acids is 1. The third-order valence-corrected chi connectivity index (χ3v) is 4.30. The summed E-state index contributed by atoms with van der Waals surface area (Å²) in [5.74, 6) is 0.884. The first-order valence-electron chi connectivity index (χ1n) is 6.56. The summed E-state index contributed by atoms with van der Waals surface area (Å²) < 4.78 is 3.02. The van der Waals surface area contributed by atoms with Crippen LogP contribution in [0.4, 0.5) is 0 Å². The summed E-state index contributed by atoms with van der Waals surface area (Å²) in [6, 6.07) is 1.97. The van der Waals surface area contributed by atoms with Crippen molar-refractivity contribution in [2.24, 2.45) is 7.05 Å². The van der Waals surface area contributed by atoms with Gasteiger partial charge in [-0.15, -0.1) is 0 Å². The fourth-order valence-electron chi connectivity index (χ4n) is 2.46. The molecule has 3 heterocycles. The molecule has 1 aliphatic rings. The first kappa shape index (κ1) is 13.1. The first-order valence-corrected chi connectivity index (χ1v) is 7.51. The molecule has 0 spiro atoms. The molecule has 0 aliphatic carbocycles. The lowest BCUT2D eigenvalue weighted by Crippen LogP contribution is -2.35. The second kappa shape index (κ2) is 5.24. The third kappa shape index (κ3) is 2.40. The van der Waals surface area contributed by atoms with E-state index in [-0.39, 0.29) is 11.6 Å². The summed E-state index contributed by atoms with van der Waals surface area (Å²) >= 11 is 1.60. The molecule has 2 aromatic heterocycles. The number of hydrogen-bond acceptors (Lipinski definition) is 4. The molecule has 1 aliphatic heterocycles. The Balaban J connectivity index is 1.70. The van der Waals surface area contributed by atoms with Crippen LogP contribution in [0.1, 0.15) is 11.4 Å². The van der Waals surface area contributed by atoms with E-state index in [4.69, 9.17) is 0 Å². The van der Waals surface area contributed by atoms with Crippen LogP contribution in [0.5, 0.6) is 0 Å². The average Bonchev–Trinajstić information content (AvgIpc) is 2.95.